The number of amides is 4. The van der Waals surface area contributed by atoms with E-state index in [2.05, 4.69) is 36.9 Å². The van der Waals surface area contributed by atoms with Gasteiger partial charge in [0.05, 0.1) is 24.5 Å². The van der Waals surface area contributed by atoms with Crippen LogP contribution in [-0.4, -0.2) is 44.3 Å². The number of aromatic nitrogens is 3. The van der Waals surface area contributed by atoms with Crippen molar-refractivity contribution in [2.24, 2.45) is 0 Å². The SMILES string of the molecule is Cc1c(C(=O)Nc2cccc(CN3C(=O)CNC3=O)c2)nnn1-c1cccc(Br)c1. The predicted octanol–water partition coefficient (Wildman–Crippen LogP) is 2.64. The summed E-state index contributed by atoms with van der Waals surface area (Å²) in [6, 6.07) is 14.1. The molecule has 0 spiro atoms. The normalized spacial score (nSPS) is 13.5. The van der Waals surface area contributed by atoms with Crippen molar-refractivity contribution in [3.8, 4) is 5.69 Å². The number of rotatable bonds is 5. The van der Waals surface area contributed by atoms with Crippen LogP contribution in [0.1, 0.15) is 21.7 Å². The van der Waals surface area contributed by atoms with E-state index in [1.54, 1.807) is 35.9 Å². The topological polar surface area (TPSA) is 109 Å². The van der Waals surface area contributed by atoms with Crippen molar-refractivity contribution in [3.05, 3.63) is 70.0 Å². The van der Waals surface area contributed by atoms with Gasteiger partial charge in [0.15, 0.2) is 5.69 Å². The predicted molar refractivity (Wildman–Crippen MR) is 112 cm³/mol. The fourth-order valence-electron chi connectivity index (χ4n) is 3.13. The molecule has 0 unspecified atom stereocenters. The molecule has 9 nitrogen and oxygen atoms in total. The Morgan fingerprint density at radius 2 is 2.00 bits per heavy atom. The van der Waals surface area contributed by atoms with Crippen LogP contribution in [-0.2, 0) is 11.3 Å². The highest BCUT2D eigenvalue weighted by Gasteiger charge is 2.28. The van der Waals surface area contributed by atoms with Crippen molar-refractivity contribution in [3.63, 3.8) is 0 Å². The lowest BCUT2D eigenvalue weighted by molar-refractivity contribution is -0.125. The van der Waals surface area contributed by atoms with Gasteiger partial charge in [-0.15, -0.1) is 5.10 Å². The Morgan fingerprint density at radius 1 is 1.20 bits per heavy atom. The number of nitrogens with zero attached hydrogens (tertiary/aromatic N) is 4. The van der Waals surface area contributed by atoms with E-state index in [1.165, 1.54) is 0 Å². The minimum atomic E-state index is -0.422. The molecule has 1 aliphatic rings. The number of halogens is 1. The zero-order valence-corrected chi connectivity index (χ0v) is 17.5. The van der Waals surface area contributed by atoms with Crippen molar-refractivity contribution >= 4 is 39.5 Å². The fraction of sp³-hybridized carbons (Fsp3) is 0.150. The lowest BCUT2D eigenvalue weighted by Crippen LogP contribution is -2.30. The molecule has 1 aliphatic heterocycles. The van der Waals surface area contributed by atoms with Crippen LogP contribution in [0.3, 0.4) is 0 Å². The molecule has 2 N–H and O–H groups in total. The Hall–Kier alpha value is -3.53. The Balaban J connectivity index is 1.51. The summed E-state index contributed by atoms with van der Waals surface area (Å²) < 4.78 is 2.48. The summed E-state index contributed by atoms with van der Waals surface area (Å²) in [6.07, 6.45) is 0. The molecule has 152 valence electrons. The summed E-state index contributed by atoms with van der Waals surface area (Å²) in [5, 5.41) is 13.4. The molecule has 30 heavy (non-hydrogen) atoms. The van der Waals surface area contributed by atoms with E-state index >= 15 is 0 Å². The average Bonchev–Trinajstić information content (AvgIpc) is 3.25. The van der Waals surface area contributed by atoms with E-state index < -0.39 is 11.9 Å². The number of benzene rings is 2. The van der Waals surface area contributed by atoms with Crippen LogP contribution >= 0.6 is 15.9 Å². The third-order valence-electron chi connectivity index (χ3n) is 4.63. The number of carbonyl (C=O) groups excluding carboxylic acids is 3. The summed E-state index contributed by atoms with van der Waals surface area (Å²) in [7, 11) is 0. The van der Waals surface area contributed by atoms with Gasteiger partial charge in [0.2, 0.25) is 5.91 Å². The van der Waals surface area contributed by atoms with Gasteiger partial charge in [-0.25, -0.2) is 9.48 Å². The molecule has 1 fully saturated rings. The maximum atomic E-state index is 12.7. The molecule has 0 saturated carbocycles. The van der Waals surface area contributed by atoms with Crippen LogP contribution in [0.2, 0.25) is 0 Å². The van der Waals surface area contributed by atoms with E-state index in [4.69, 9.17) is 0 Å². The lowest BCUT2D eigenvalue weighted by atomic mass is 10.2. The molecule has 0 bridgehead atoms. The Labute approximate surface area is 180 Å². The number of hydrogen-bond donors (Lipinski definition) is 2. The summed E-state index contributed by atoms with van der Waals surface area (Å²) >= 11 is 3.42. The fourth-order valence-corrected chi connectivity index (χ4v) is 3.51. The zero-order chi connectivity index (χ0) is 21.3. The standard InChI is InChI=1S/C20H17BrN6O3/c1-12-18(24-25-27(12)16-7-3-5-14(21)9-16)19(29)23-15-6-2-4-13(8-15)11-26-17(28)10-22-20(26)30/h2-9H,10-11H2,1H3,(H,22,30)(H,23,29). The number of urea groups is 1. The van der Waals surface area contributed by atoms with Crippen molar-refractivity contribution in [2.45, 2.75) is 13.5 Å². The second-order valence-corrected chi connectivity index (χ2v) is 7.62. The van der Waals surface area contributed by atoms with Crippen LogP contribution < -0.4 is 10.6 Å². The molecule has 10 heteroatoms. The van der Waals surface area contributed by atoms with E-state index in [1.807, 2.05) is 24.3 Å². The van der Waals surface area contributed by atoms with Gasteiger partial charge in [-0.05, 0) is 42.8 Å². The Kier molecular flexibility index (Phi) is 5.32. The van der Waals surface area contributed by atoms with Gasteiger partial charge in [-0.3, -0.25) is 14.5 Å². The first-order chi connectivity index (χ1) is 14.4. The van der Waals surface area contributed by atoms with Gasteiger partial charge < -0.3 is 10.6 Å². The Bertz CT molecular complexity index is 1140. The van der Waals surface area contributed by atoms with Crippen LogP contribution in [0, 0.1) is 6.92 Å². The van der Waals surface area contributed by atoms with Gasteiger partial charge in [0.25, 0.3) is 5.91 Å². The summed E-state index contributed by atoms with van der Waals surface area (Å²) in [5.41, 5.74) is 2.83. The summed E-state index contributed by atoms with van der Waals surface area (Å²) in [6.45, 7) is 1.90. The average molecular weight is 469 g/mol. The smallest absolute Gasteiger partial charge is 0.324 e. The minimum absolute atomic E-state index is 0.00216. The number of imide groups is 1. The first-order valence-electron chi connectivity index (χ1n) is 9.09. The second-order valence-electron chi connectivity index (χ2n) is 6.71. The van der Waals surface area contributed by atoms with Gasteiger partial charge in [0.1, 0.15) is 0 Å². The first-order valence-corrected chi connectivity index (χ1v) is 9.88. The highest BCUT2D eigenvalue weighted by Crippen LogP contribution is 2.19. The Morgan fingerprint density at radius 3 is 2.73 bits per heavy atom. The maximum absolute atomic E-state index is 12.7. The van der Waals surface area contributed by atoms with Crippen LogP contribution in [0.25, 0.3) is 5.69 Å². The molecule has 2 aromatic carbocycles. The summed E-state index contributed by atoms with van der Waals surface area (Å²) in [5.74, 6) is -0.685. The second kappa shape index (κ2) is 8.07. The molecular formula is C20H17BrN6O3. The van der Waals surface area contributed by atoms with E-state index in [0.29, 0.717) is 16.9 Å². The van der Waals surface area contributed by atoms with Crippen LogP contribution in [0.15, 0.2) is 53.0 Å². The number of nitrogens with one attached hydrogen (secondary N) is 2. The molecule has 4 amide bonds. The number of hydrogen-bond acceptors (Lipinski definition) is 5. The maximum Gasteiger partial charge on any atom is 0.324 e. The molecule has 1 saturated heterocycles. The molecule has 4 rings (SSSR count). The molecule has 0 atom stereocenters. The third kappa shape index (κ3) is 3.94. The largest absolute Gasteiger partial charge is 0.329 e. The zero-order valence-electron chi connectivity index (χ0n) is 15.9. The highest BCUT2D eigenvalue weighted by molar-refractivity contribution is 9.10. The van der Waals surface area contributed by atoms with Crippen molar-refractivity contribution < 1.29 is 14.4 Å². The van der Waals surface area contributed by atoms with Gasteiger partial charge in [-0.1, -0.05) is 39.3 Å². The molecule has 3 aromatic rings. The van der Waals surface area contributed by atoms with Crippen LogP contribution in [0.4, 0.5) is 10.5 Å². The quantitative estimate of drug-likeness (QED) is 0.559. The molecule has 0 aliphatic carbocycles. The molecule has 2 heterocycles. The monoisotopic (exact) mass is 468 g/mol. The lowest BCUT2D eigenvalue weighted by Gasteiger charge is -2.13. The third-order valence-corrected chi connectivity index (χ3v) is 5.12. The highest BCUT2D eigenvalue weighted by atomic mass is 79.9. The van der Waals surface area contributed by atoms with Crippen LogP contribution in [0.5, 0.6) is 0 Å². The molecular weight excluding hydrogens is 452 g/mol. The number of anilines is 1. The van der Waals surface area contributed by atoms with Crippen molar-refractivity contribution in [2.75, 3.05) is 11.9 Å². The van der Waals surface area contributed by atoms with E-state index in [9.17, 15) is 14.4 Å². The van der Waals surface area contributed by atoms with Crippen molar-refractivity contribution in [1.82, 2.24) is 25.2 Å². The van der Waals surface area contributed by atoms with E-state index in [-0.39, 0.29) is 24.7 Å². The number of carbonyl (C=O) groups is 3. The molecule has 1 aromatic heterocycles. The summed E-state index contributed by atoms with van der Waals surface area (Å²) in [4.78, 5) is 37.4. The van der Waals surface area contributed by atoms with Gasteiger partial charge in [0, 0.05) is 10.2 Å². The first kappa shape index (κ1) is 19.8. The van der Waals surface area contributed by atoms with Gasteiger partial charge in [-0.2, -0.15) is 0 Å². The minimum Gasteiger partial charge on any atom is -0.329 e. The molecule has 0 radical (unpaired) electrons. The van der Waals surface area contributed by atoms with Crippen molar-refractivity contribution in [1.29, 1.82) is 0 Å². The van der Waals surface area contributed by atoms with Gasteiger partial charge >= 0.3 is 6.03 Å². The van der Waals surface area contributed by atoms with E-state index in [0.717, 1.165) is 15.1 Å².